The molecule has 168 valence electrons. The van der Waals surface area contributed by atoms with Crippen LogP contribution in [0.2, 0.25) is 5.02 Å². The van der Waals surface area contributed by atoms with Crippen molar-refractivity contribution in [3.63, 3.8) is 0 Å². The van der Waals surface area contributed by atoms with E-state index >= 15 is 0 Å². The Kier molecular flexibility index (Phi) is 5.72. The van der Waals surface area contributed by atoms with E-state index in [4.69, 9.17) is 21.1 Å². The van der Waals surface area contributed by atoms with Gasteiger partial charge in [0.25, 0.3) is 5.91 Å². The maximum atomic E-state index is 13.5. The Bertz CT molecular complexity index is 1040. The third kappa shape index (κ3) is 3.92. The van der Waals surface area contributed by atoms with Gasteiger partial charge < -0.3 is 19.7 Å². The first-order chi connectivity index (χ1) is 15.5. The molecule has 4 unspecified atom stereocenters. The summed E-state index contributed by atoms with van der Waals surface area (Å²) in [5.74, 6) is 1.54. The number of nitrogens with one attached hydrogen (secondary N) is 1. The van der Waals surface area contributed by atoms with Gasteiger partial charge in [-0.15, -0.1) is 0 Å². The summed E-state index contributed by atoms with van der Waals surface area (Å²) in [4.78, 5) is 28.8. The highest BCUT2D eigenvalue weighted by molar-refractivity contribution is 6.31. The number of fused-ring (bicyclic) bond motifs is 2. The Morgan fingerprint density at radius 2 is 1.91 bits per heavy atom. The highest BCUT2D eigenvalue weighted by Gasteiger charge is 2.47. The third-order valence-corrected chi connectivity index (χ3v) is 7.19. The smallest absolute Gasteiger partial charge is 0.254 e. The number of amides is 2. The van der Waals surface area contributed by atoms with Gasteiger partial charge in [-0.25, -0.2) is 0 Å². The first-order valence-corrected chi connectivity index (χ1v) is 11.7. The standard InChI is InChI=1S/C25H27ClN2O4/c1-15(16-9-10-22-23(13-16)32-14-31-22)27-24(29)21-12-17-5-2-3-8-20(17)28(21)25(30)18-6-4-7-19(26)11-18/h4,6-7,9-11,13,15,17,20-21H,2-3,5,8,12,14H2,1H3,(H,27,29). The van der Waals surface area contributed by atoms with Crippen molar-refractivity contribution in [2.45, 2.75) is 57.2 Å². The fourth-order valence-electron chi connectivity index (χ4n) is 5.33. The predicted octanol–water partition coefficient (Wildman–Crippen LogP) is 4.72. The van der Waals surface area contributed by atoms with Gasteiger partial charge in [0.2, 0.25) is 12.7 Å². The van der Waals surface area contributed by atoms with E-state index in [9.17, 15) is 9.59 Å². The number of carbonyl (C=O) groups excluding carboxylic acids is 2. The molecule has 0 spiro atoms. The van der Waals surface area contributed by atoms with E-state index in [1.54, 1.807) is 24.3 Å². The molecule has 1 aliphatic carbocycles. The molecular formula is C25H27ClN2O4. The lowest BCUT2D eigenvalue weighted by Gasteiger charge is -2.34. The second kappa shape index (κ2) is 8.66. The fraction of sp³-hybridized carbons (Fsp3) is 0.440. The Morgan fingerprint density at radius 1 is 1.09 bits per heavy atom. The minimum Gasteiger partial charge on any atom is -0.454 e. The molecule has 32 heavy (non-hydrogen) atoms. The first-order valence-electron chi connectivity index (χ1n) is 11.3. The van der Waals surface area contributed by atoms with Crippen LogP contribution in [0.3, 0.4) is 0 Å². The van der Waals surface area contributed by atoms with E-state index < -0.39 is 6.04 Å². The van der Waals surface area contributed by atoms with Crippen LogP contribution in [0.4, 0.5) is 0 Å². The SMILES string of the molecule is CC(NC(=O)C1CC2CCCCC2N1C(=O)c1cccc(Cl)c1)c1ccc2c(c1)OCO2. The molecule has 4 atom stereocenters. The van der Waals surface area contributed by atoms with Gasteiger partial charge in [0.15, 0.2) is 11.5 Å². The van der Waals surface area contributed by atoms with E-state index in [1.807, 2.05) is 30.0 Å². The number of hydrogen-bond donors (Lipinski definition) is 1. The van der Waals surface area contributed by atoms with Gasteiger partial charge in [-0.05, 0) is 68.0 Å². The zero-order valence-corrected chi connectivity index (χ0v) is 18.8. The number of halogens is 1. The molecule has 2 fully saturated rings. The van der Waals surface area contributed by atoms with E-state index in [0.29, 0.717) is 34.4 Å². The molecule has 0 radical (unpaired) electrons. The molecular weight excluding hydrogens is 428 g/mol. The van der Waals surface area contributed by atoms with Crippen molar-refractivity contribution >= 4 is 23.4 Å². The summed E-state index contributed by atoms with van der Waals surface area (Å²) in [6, 6.07) is 12.1. The molecule has 2 amide bonds. The van der Waals surface area contributed by atoms with E-state index in [1.165, 1.54) is 0 Å². The van der Waals surface area contributed by atoms with Crippen molar-refractivity contribution in [2.75, 3.05) is 6.79 Å². The van der Waals surface area contributed by atoms with Crippen molar-refractivity contribution < 1.29 is 19.1 Å². The topological polar surface area (TPSA) is 67.9 Å². The van der Waals surface area contributed by atoms with E-state index in [0.717, 1.165) is 31.2 Å². The van der Waals surface area contributed by atoms with Crippen molar-refractivity contribution in [1.29, 1.82) is 0 Å². The maximum absolute atomic E-state index is 13.5. The van der Waals surface area contributed by atoms with Crippen molar-refractivity contribution in [2.24, 2.45) is 5.92 Å². The van der Waals surface area contributed by atoms with Crippen LogP contribution >= 0.6 is 11.6 Å². The minimum atomic E-state index is -0.481. The summed E-state index contributed by atoms with van der Waals surface area (Å²) < 4.78 is 10.8. The summed E-state index contributed by atoms with van der Waals surface area (Å²) in [6.45, 7) is 2.16. The van der Waals surface area contributed by atoms with Crippen LogP contribution < -0.4 is 14.8 Å². The van der Waals surface area contributed by atoms with Gasteiger partial charge in [0, 0.05) is 16.6 Å². The van der Waals surface area contributed by atoms with Crippen LogP contribution in [0.15, 0.2) is 42.5 Å². The van der Waals surface area contributed by atoms with Crippen LogP contribution in [0.25, 0.3) is 0 Å². The number of benzene rings is 2. The second-order valence-corrected chi connectivity index (χ2v) is 9.37. The van der Waals surface area contributed by atoms with Crippen LogP contribution in [-0.2, 0) is 4.79 Å². The molecule has 6 nitrogen and oxygen atoms in total. The lowest BCUT2D eigenvalue weighted by molar-refractivity contribution is -0.125. The van der Waals surface area contributed by atoms with Crippen LogP contribution in [0.1, 0.15) is 61.0 Å². The predicted molar refractivity (Wildman–Crippen MR) is 121 cm³/mol. The number of hydrogen-bond acceptors (Lipinski definition) is 4. The average molecular weight is 455 g/mol. The van der Waals surface area contributed by atoms with Gasteiger partial charge in [-0.3, -0.25) is 9.59 Å². The number of likely N-dealkylation sites (tertiary alicyclic amines) is 1. The van der Waals surface area contributed by atoms with Crippen LogP contribution in [0, 0.1) is 5.92 Å². The van der Waals surface area contributed by atoms with E-state index in [2.05, 4.69) is 5.32 Å². The fourth-order valence-corrected chi connectivity index (χ4v) is 5.52. The molecule has 5 rings (SSSR count). The van der Waals surface area contributed by atoms with Crippen molar-refractivity contribution in [1.82, 2.24) is 10.2 Å². The van der Waals surface area contributed by atoms with E-state index in [-0.39, 0.29) is 30.7 Å². The van der Waals surface area contributed by atoms with Crippen molar-refractivity contribution in [3.8, 4) is 11.5 Å². The molecule has 2 aliphatic heterocycles. The number of ether oxygens (including phenoxy) is 2. The molecule has 2 aromatic rings. The lowest BCUT2D eigenvalue weighted by Crippen LogP contribution is -2.50. The van der Waals surface area contributed by atoms with Gasteiger partial charge in [-0.2, -0.15) is 0 Å². The molecule has 1 saturated carbocycles. The first kappa shape index (κ1) is 21.1. The normalized spacial score (nSPS) is 24.7. The van der Waals surface area contributed by atoms with Gasteiger partial charge in [0.05, 0.1) is 6.04 Å². The number of rotatable bonds is 4. The molecule has 1 saturated heterocycles. The Balaban J connectivity index is 1.37. The van der Waals surface area contributed by atoms with Crippen LogP contribution in [0.5, 0.6) is 11.5 Å². The molecule has 2 aromatic carbocycles. The largest absolute Gasteiger partial charge is 0.454 e. The quantitative estimate of drug-likeness (QED) is 0.725. The summed E-state index contributed by atoms with van der Waals surface area (Å²) in [5, 5.41) is 3.65. The minimum absolute atomic E-state index is 0.104. The zero-order valence-electron chi connectivity index (χ0n) is 18.1. The summed E-state index contributed by atoms with van der Waals surface area (Å²) in [6.07, 6.45) is 4.95. The number of nitrogens with zero attached hydrogens (tertiary/aromatic N) is 1. The van der Waals surface area contributed by atoms with Gasteiger partial charge in [0.1, 0.15) is 6.04 Å². The lowest BCUT2D eigenvalue weighted by atomic mass is 9.84. The summed E-state index contributed by atoms with van der Waals surface area (Å²) in [7, 11) is 0. The molecule has 0 aromatic heterocycles. The molecule has 0 bridgehead atoms. The maximum Gasteiger partial charge on any atom is 0.254 e. The summed E-state index contributed by atoms with van der Waals surface area (Å²) >= 11 is 6.14. The third-order valence-electron chi connectivity index (χ3n) is 6.95. The average Bonchev–Trinajstić information content (AvgIpc) is 3.42. The molecule has 2 heterocycles. The molecule has 3 aliphatic rings. The number of carbonyl (C=O) groups is 2. The highest BCUT2D eigenvalue weighted by atomic mass is 35.5. The summed E-state index contributed by atoms with van der Waals surface area (Å²) in [5.41, 5.74) is 1.47. The Labute approximate surface area is 192 Å². The second-order valence-electron chi connectivity index (χ2n) is 8.93. The zero-order chi connectivity index (χ0) is 22.2. The van der Waals surface area contributed by atoms with Crippen LogP contribution in [-0.4, -0.2) is 35.6 Å². The molecule has 1 N–H and O–H groups in total. The Morgan fingerprint density at radius 3 is 2.75 bits per heavy atom. The monoisotopic (exact) mass is 454 g/mol. The molecule has 7 heteroatoms. The highest BCUT2D eigenvalue weighted by Crippen LogP contribution is 2.41. The van der Waals surface area contributed by atoms with Gasteiger partial charge in [-0.1, -0.05) is 36.6 Å². The van der Waals surface area contributed by atoms with Gasteiger partial charge >= 0.3 is 0 Å². The Hall–Kier alpha value is -2.73. The van der Waals surface area contributed by atoms with Crippen molar-refractivity contribution in [3.05, 3.63) is 58.6 Å².